The van der Waals surface area contributed by atoms with E-state index < -0.39 is 6.04 Å². The third-order valence-electron chi connectivity index (χ3n) is 2.34. The molecule has 0 aliphatic carbocycles. The number of nitrogens with two attached hydrogens (primary N) is 1. The molecule has 1 unspecified atom stereocenters. The van der Waals surface area contributed by atoms with E-state index in [1.165, 1.54) is 0 Å². The number of halogens is 1. The highest BCUT2D eigenvalue weighted by Gasteiger charge is 2.23. The van der Waals surface area contributed by atoms with Gasteiger partial charge in [-0.2, -0.15) is 0 Å². The number of amides is 1. The quantitative estimate of drug-likeness (QED) is 0.850. The zero-order valence-corrected chi connectivity index (χ0v) is 10.7. The van der Waals surface area contributed by atoms with Crippen LogP contribution in [-0.4, -0.2) is 11.9 Å². The first-order chi connectivity index (χ1) is 6.93. The summed E-state index contributed by atoms with van der Waals surface area (Å²) in [6.45, 7) is 5.60. The second-order valence-corrected chi connectivity index (χ2v) is 4.27. The highest BCUT2D eigenvalue weighted by atomic mass is 35.5. The van der Waals surface area contributed by atoms with Crippen molar-refractivity contribution in [3.05, 3.63) is 35.9 Å². The van der Waals surface area contributed by atoms with Crippen molar-refractivity contribution in [3.63, 3.8) is 0 Å². The van der Waals surface area contributed by atoms with Gasteiger partial charge in [-0.1, -0.05) is 30.3 Å². The Kier molecular flexibility index (Phi) is 5.48. The topological polar surface area (TPSA) is 55.1 Å². The van der Waals surface area contributed by atoms with E-state index in [9.17, 15) is 4.79 Å². The van der Waals surface area contributed by atoms with Gasteiger partial charge in [0.2, 0.25) is 5.91 Å². The first kappa shape index (κ1) is 14.9. The van der Waals surface area contributed by atoms with E-state index in [4.69, 9.17) is 5.73 Å². The Bertz CT molecular complexity index is 336. The van der Waals surface area contributed by atoms with E-state index in [1.807, 2.05) is 44.2 Å². The Morgan fingerprint density at radius 1 is 1.31 bits per heavy atom. The second-order valence-electron chi connectivity index (χ2n) is 4.27. The van der Waals surface area contributed by atoms with Crippen molar-refractivity contribution in [3.8, 4) is 0 Å². The van der Waals surface area contributed by atoms with E-state index >= 15 is 0 Å². The van der Waals surface area contributed by atoms with E-state index in [0.717, 1.165) is 5.56 Å². The van der Waals surface area contributed by atoms with Crippen LogP contribution in [0.25, 0.3) is 0 Å². The predicted molar refractivity (Wildman–Crippen MR) is 68.5 cm³/mol. The summed E-state index contributed by atoms with van der Waals surface area (Å²) in [7, 11) is 0. The van der Waals surface area contributed by atoms with Crippen molar-refractivity contribution in [2.75, 3.05) is 0 Å². The zero-order chi connectivity index (χ0) is 11.5. The molecule has 16 heavy (non-hydrogen) atoms. The maximum absolute atomic E-state index is 11.5. The molecule has 0 fully saturated rings. The van der Waals surface area contributed by atoms with Gasteiger partial charge in [0.1, 0.15) is 0 Å². The molecule has 1 rings (SSSR count). The largest absolute Gasteiger partial charge is 0.346 e. The minimum absolute atomic E-state index is 0. The Balaban J connectivity index is 0.00000225. The van der Waals surface area contributed by atoms with E-state index in [0.29, 0.717) is 0 Å². The summed E-state index contributed by atoms with van der Waals surface area (Å²) in [5.41, 5.74) is 6.19. The van der Waals surface area contributed by atoms with Gasteiger partial charge in [0.25, 0.3) is 0 Å². The molecule has 0 radical (unpaired) electrons. The maximum atomic E-state index is 11.5. The smallest absolute Gasteiger partial charge is 0.237 e. The molecule has 0 spiro atoms. The van der Waals surface area contributed by atoms with Crippen LogP contribution in [0.3, 0.4) is 0 Å². The van der Waals surface area contributed by atoms with Gasteiger partial charge < -0.3 is 11.1 Å². The standard InChI is InChI=1S/C12H18N2O.ClH/c1-9(13)11(15)14-12(2,3)10-7-5-4-6-8-10;/h4-9H,13H2,1-3H3,(H,14,15);1H. The van der Waals surface area contributed by atoms with Crippen molar-refractivity contribution in [2.24, 2.45) is 5.73 Å². The van der Waals surface area contributed by atoms with Crippen LogP contribution < -0.4 is 11.1 Å². The van der Waals surface area contributed by atoms with Crippen LogP contribution in [0.4, 0.5) is 0 Å². The normalized spacial score (nSPS) is 12.5. The van der Waals surface area contributed by atoms with Crippen LogP contribution in [0.1, 0.15) is 26.3 Å². The summed E-state index contributed by atoms with van der Waals surface area (Å²) in [5.74, 6) is -0.135. The van der Waals surface area contributed by atoms with Crippen molar-refractivity contribution in [1.29, 1.82) is 0 Å². The van der Waals surface area contributed by atoms with Gasteiger partial charge in [-0.05, 0) is 26.3 Å². The lowest BCUT2D eigenvalue weighted by Gasteiger charge is -2.27. The highest BCUT2D eigenvalue weighted by Crippen LogP contribution is 2.19. The predicted octanol–water partition coefficient (Wildman–Crippen LogP) is 1.81. The van der Waals surface area contributed by atoms with Crippen LogP contribution in [-0.2, 0) is 10.3 Å². The van der Waals surface area contributed by atoms with Crippen LogP contribution in [0, 0.1) is 0 Å². The number of hydrogen-bond acceptors (Lipinski definition) is 2. The van der Waals surface area contributed by atoms with Crippen molar-refractivity contribution < 1.29 is 4.79 Å². The van der Waals surface area contributed by atoms with Crippen LogP contribution >= 0.6 is 12.4 Å². The van der Waals surface area contributed by atoms with E-state index in [-0.39, 0.29) is 23.9 Å². The summed E-state index contributed by atoms with van der Waals surface area (Å²) in [6, 6.07) is 9.35. The van der Waals surface area contributed by atoms with Gasteiger partial charge in [-0.15, -0.1) is 12.4 Å². The Labute approximate surface area is 103 Å². The molecule has 0 aromatic heterocycles. The van der Waals surface area contributed by atoms with Gasteiger partial charge in [0.05, 0.1) is 11.6 Å². The van der Waals surface area contributed by atoms with Crippen molar-refractivity contribution in [2.45, 2.75) is 32.4 Å². The molecule has 0 aliphatic rings. The molecule has 1 atom stereocenters. The molecule has 0 heterocycles. The third kappa shape index (κ3) is 3.83. The monoisotopic (exact) mass is 242 g/mol. The van der Waals surface area contributed by atoms with Gasteiger partial charge >= 0.3 is 0 Å². The fraction of sp³-hybridized carbons (Fsp3) is 0.417. The molecule has 1 amide bonds. The van der Waals surface area contributed by atoms with E-state index in [2.05, 4.69) is 5.32 Å². The van der Waals surface area contributed by atoms with Gasteiger partial charge in [0, 0.05) is 0 Å². The maximum Gasteiger partial charge on any atom is 0.237 e. The number of carbonyl (C=O) groups is 1. The lowest BCUT2D eigenvalue weighted by Crippen LogP contribution is -2.47. The minimum Gasteiger partial charge on any atom is -0.346 e. The van der Waals surface area contributed by atoms with Crippen LogP contribution in [0.2, 0.25) is 0 Å². The Morgan fingerprint density at radius 3 is 2.25 bits per heavy atom. The van der Waals surface area contributed by atoms with Gasteiger partial charge in [-0.25, -0.2) is 0 Å². The van der Waals surface area contributed by atoms with Crippen molar-refractivity contribution >= 4 is 18.3 Å². The van der Waals surface area contributed by atoms with Gasteiger partial charge in [-0.3, -0.25) is 4.79 Å². The number of benzene rings is 1. The first-order valence-corrected chi connectivity index (χ1v) is 5.06. The highest BCUT2D eigenvalue weighted by molar-refractivity contribution is 5.85. The number of rotatable bonds is 3. The molecular weight excluding hydrogens is 224 g/mol. The molecule has 0 aliphatic heterocycles. The Hall–Kier alpha value is -1.06. The molecule has 0 saturated carbocycles. The third-order valence-corrected chi connectivity index (χ3v) is 2.34. The molecule has 0 saturated heterocycles. The number of hydrogen-bond donors (Lipinski definition) is 2. The lowest BCUT2D eigenvalue weighted by atomic mass is 9.94. The summed E-state index contributed by atoms with van der Waals surface area (Å²) in [4.78, 5) is 11.5. The average Bonchev–Trinajstić information content (AvgIpc) is 2.18. The SMILES string of the molecule is CC(N)C(=O)NC(C)(C)c1ccccc1.Cl. The molecule has 3 nitrogen and oxygen atoms in total. The fourth-order valence-electron chi connectivity index (χ4n) is 1.35. The molecule has 3 N–H and O–H groups in total. The second kappa shape index (κ2) is 5.87. The first-order valence-electron chi connectivity index (χ1n) is 5.06. The summed E-state index contributed by atoms with van der Waals surface area (Å²) in [5, 5.41) is 2.91. The van der Waals surface area contributed by atoms with Crippen molar-refractivity contribution in [1.82, 2.24) is 5.32 Å². The molecule has 90 valence electrons. The average molecular weight is 243 g/mol. The van der Waals surface area contributed by atoms with E-state index in [1.54, 1.807) is 6.92 Å². The molecular formula is C12H19ClN2O. The van der Waals surface area contributed by atoms with Crippen LogP contribution in [0.5, 0.6) is 0 Å². The molecule has 4 heteroatoms. The molecule has 1 aromatic carbocycles. The summed E-state index contributed by atoms with van der Waals surface area (Å²) >= 11 is 0. The number of carbonyl (C=O) groups excluding carboxylic acids is 1. The van der Waals surface area contributed by atoms with Crippen LogP contribution in [0.15, 0.2) is 30.3 Å². The fourth-order valence-corrected chi connectivity index (χ4v) is 1.35. The van der Waals surface area contributed by atoms with Gasteiger partial charge in [0.15, 0.2) is 0 Å². The molecule has 1 aromatic rings. The summed E-state index contributed by atoms with van der Waals surface area (Å²) < 4.78 is 0. The zero-order valence-electron chi connectivity index (χ0n) is 9.86. The minimum atomic E-state index is -0.479. The number of nitrogens with one attached hydrogen (secondary N) is 1. The molecule has 0 bridgehead atoms. The Morgan fingerprint density at radius 2 is 1.81 bits per heavy atom. The lowest BCUT2D eigenvalue weighted by molar-refractivity contribution is -0.123. The summed E-state index contributed by atoms with van der Waals surface area (Å²) in [6.07, 6.45) is 0.